The number of piperidine rings is 1. The molecule has 7 heteroatoms. The Morgan fingerprint density at radius 1 is 1.35 bits per heavy atom. The SMILES string of the molecule is O=C(O)[C@H]1CCCN([C@@H](C(=O)O)c2c[nH]c3cc(F)ccc23)C1. The quantitative estimate of drug-likeness (QED) is 0.803. The molecule has 0 aliphatic carbocycles. The molecular weight excluding hydrogens is 303 g/mol. The lowest BCUT2D eigenvalue weighted by atomic mass is 9.94. The monoisotopic (exact) mass is 320 g/mol. The Bertz CT molecular complexity index is 758. The smallest absolute Gasteiger partial charge is 0.325 e. The summed E-state index contributed by atoms with van der Waals surface area (Å²) in [6.45, 7) is 0.717. The number of aromatic amines is 1. The van der Waals surface area contributed by atoms with Crippen molar-refractivity contribution in [2.75, 3.05) is 13.1 Å². The summed E-state index contributed by atoms with van der Waals surface area (Å²) in [4.78, 5) is 27.6. The molecule has 2 atom stereocenters. The molecule has 1 aromatic carbocycles. The first kappa shape index (κ1) is 15.5. The molecule has 1 aliphatic heterocycles. The van der Waals surface area contributed by atoms with Gasteiger partial charge in [-0.15, -0.1) is 0 Å². The summed E-state index contributed by atoms with van der Waals surface area (Å²) in [7, 11) is 0. The summed E-state index contributed by atoms with van der Waals surface area (Å²) in [6, 6.07) is 3.20. The van der Waals surface area contributed by atoms with Crippen molar-refractivity contribution in [3.05, 3.63) is 35.8 Å². The number of aliphatic carboxylic acids is 2. The first-order chi connectivity index (χ1) is 11.0. The van der Waals surface area contributed by atoms with Gasteiger partial charge < -0.3 is 15.2 Å². The molecule has 0 radical (unpaired) electrons. The molecular formula is C16H17FN2O4. The predicted octanol–water partition coefficient (Wildman–Crippen LogP) is 2.23. The maximum absolute atomic E-state index is 13.3. The number of nitrogens with one attached hydrogen (secondary N) is 1. The van der Waals surface area contributed by atoms with Crippen LogP contribution in [-0.2, 0) is 9.59 Å². The molecule has 3 rings (SSSR count). The second-order valence-electron chi connectivity index (χ2n) is 5.85. The van der Waals surface area contributed by atoms with Crippen LogP contribution in [0.15, 0.2) is 24.4 Å². The topological polar surface area (TPSA) is 93.6 Å². The predicted molar refractivity (Wildman–Crippen MR) is 80.6 cm³/mol. The van der Waals surface area contributed by atoms with Gasteiger partial charge in [0.1, 0.15) is 11.9 Å². The van der Waals surface area contributed by atoms with Crippen LogP contribution in [0, 0.1) is 11.7 Å². The van der Waals surface area contributed by atoms with Gasteiger partial charge in [0.25, 0.3) is 0 Å². The molecule has 3 N–H and O–H groups in total. The van der Waals surface area contributed by atoms with Gasteiger partial charge in [-0.05, 0) is 37.6 Å². The highest BCUT2D eigenvalue weighted by molar-refractivity contribution is 5.89. The highest BCUT2D eigenvalue weighted by Gasteiger charge is 2.35. The van der Waals surface area contributed by atoms with Gasteiger partial charge in [0.15, 0.2) is 0 Å². The normalized spacial score (nSPS) is 20.5. The van der Waals surface area contributed by atoms with Crippen LogP contribution in [0.2, 0.25) is 0 Å². The number of halogens is 1. The number of aromatic nitrogens is 1. The van der Waals surface area contributed by atoms with E-state index >= 15 is 0 Å². The van der Waals surface area contributed by atoms with Crippen LogP contribution < -0.4 is 0 Å². The maximum atomic E-state index is 13.3. The number of benzene rings is 1. The van der Waals surface area contributed by atoms with Gasteiger partial charge in [0.2, 0.25) is 0 Å². The van der Waals surface area contributed by atoms with E-state index < -0.39 is 29.7 Å². The minimum atomic E-state index is -1.04. The summed E-state index contributed by atoms with van der Waals surface area (Å²) >= 11 is 0. The Morgan fingerprint density at radius 2 is 2.13 bits per heavy atom. The number of hydrogen-bond acceptors (Lipinski definition) is 3. The minimum Gasteiger partial charge on any atom is -0.481 e. The number of H-pyrrole nitrogens is 1. The van der Waals surface area contributed by atoms with E-state index in [1.807, 2.05) is 0 Å². The van der Waals surface area contributed by atoms with Gasteiger partial charge in [-0.2, -0.15) is 0 Å². The van der Waals surface area contributed by atoms with E-state index in [1.54, 1.807) is 17.2 Å². The van der Waals surface area contributed by atoms with E-state index in [4.69, 9.17) is 0 Å². The standard InChI is InChI=1S/C16H17FN2O4/c17-10-3-4-11-12(7-18-13(11)6-10)14(16(22)23)19-5-1-2-9(8-19)15(20)21/h3-4,6-7,9,14,18H,1-2,5,8H2,(H,20,21)(H,22,23)/t9-,14+/m0/s1. The largest absolute Gasteiger partial charge is 0.481 e. The van der Waals surface area contributed by atoms with Crippen molar-refractivity contribution < 1.29 is 24.2 Å². The Kier molecular flexibility index (Phi) is 4.04. The van der Waals surface area contributed by atoms with Crippen LogP contribution >= 0.6 is 0 Å². The van der Waals surface area contributed by atoms with Gasteiger partial charge in [0.05, 0.1) is 5.92 Å². The molecule has 1 aliphatic rings. The van der Waals surface area contributed by atoms with Gasteiger partial charge in [-0.25, -0.2) is 4.39 Å². The van der Waals surface area contributed by atoms with Crippen LogP contribution in [0.25, 0.3) is 10.9 Å². The minimum absolute atomic E-state index is 0.195. The van der Waals surface area contributed by atoms with Gasteiger partial charge in [-0.1, -0.05) is 0 Å². The van der Waals surface area contributed by atoms with Gasteiger partial charge in [0, 0.05) is 29.2 Å². The van der Waals surface area contributed by atoms with E-state index in [0.717, 1.165) is 0 Å². The second kappa shape index (κ2) is 6.00. The zero-order valence-corrected chi connectivity index (χ0v) is 12.3. The average molecular weight is 320 g/mol. The molecule has 0 amide bonds. The van der Waals surface area contributed by atoms with E-state index in [2.05, 4.69) is 4.98 Å². The highest BCUT2D eigenvalue weighted by Crippen LogP contribution is 2.32. The van der Waals surface area contributed by atoms with Crippen LogP contribution in [0.4, 0.5) is 4.39 Å². The zero-order valence-electron chi connectivity index (χ0n) is 12.3. The molecule has 1 saturated heterocycles. The summed E-state index contributed by atoms with van der Waals surface area (Å²) in [5.74, 6) is -2.91. The van der Waals surface area contributed by atoms with Crippen molar-refractivity contribution in [3.8, 4) is 0 Å². The lowest BCUT2D eigenvalue weighted by Crippen LogP contribution is -2.43. The molecule has 122 valence electrons. The van der Waals surface area contributed by atoms with Crippen molar-refractivity contribution >= 4 is 22.8 Å². The highest BCUT2D eigenvalue weighted by atomic mass is 19.1. The number of rotatable bonds is 4. The Hall–Kier alpha value is -2.41. The number of carboxylic acid groups (broad SMARTS) is 2. The molecule has 0 bridgehead atoms. The molecule has 1 fully saturated rings. The Balaban J connectivity index is 1.97. The molecule has 0 unspecified atom stereocenters. The van der Waals surface area contributed by atoms with Crippen LogP contribution in [0.3, 0.4) is 0 Å². The Morgan fingerprint density at radius 3 is 2.83 bits per heavy atom. The molecule has 2 heterocycles. The molecule has 1 aromatic heterocycles. The third-order valence-electron chi connectivity index (χ3n) is 4.37. The number of nitrogens with zero attached hydrogens (tertiary/aromatic N) is 1. The molecule has 23 heavy (non-hydrogen) atoms. The fourth-order valence-corrected chi connectivity index (χ4v) is 3.28. The number of fused-ring (bicyclic) bond motifs is 1. The van der Waals surface area contributed by atoms with Crippen molar-refractivity contribution in [1.82, 2.24) is 9.88 Å². The van der Waals surface area contributed by atoms with Crippen molar-refractivity contribution in [2.24, 2.45) is 5.92 Å². The van der Waals surface area contributed by atoms with Crippen LogP contribution in [0.5, 0.6) is 0 Å². The third kappa shape index (κ3) is 2.92. The van der Waals surface area contributed by atoms with Crippen molar-refractivity contribution in [2.45, 2.75) is 18.9 Å². The third-order valence-corrected chi connectivity index (χ3v) is 4.37. The molecule has 0 saturated carbocycles. The summed E-state index contributed by atoms with van der Waals surface area (Å²) in [5, 5.41) is 19.5. The molecule has 2 aromatic rings. The first-order valence-electron chi connectivity index (χ1n) is 7.43. The lowest BCUT2D eigenvalue weighted by Gasteiger charge is -2.34. The fourth-order valence-electron chi connectivity index (χ4n) is 3.28. The average Bonchev–Trinajstić information content (AvgIpc) is 2.90. The first-order valence-corrected chi connectivity index (χ1v) is 7.43. The summed E-state index contributed by atoms with van der Waals surface area (Å²) in [6.07, 6.45) is 2.75. The van der Waals surface area contributed by atoms with E-state index in [1.165, 1.54) is 12.1 Å². The summed E-state index contributed by atoms with van der Waals surface area (Å²) < 4.78 is 13.3. The molecule has 6 nitrogen and oxygen atoms in total. The van der Waals surface area contributed by atoms with Crippen molar-refractivity contribution in [3.63, 3.8) is 0 Å². The van der Waals surface area contributed by atoms with Crippen LogP contribution in [-0.4, -0.2) is 45.1 Å². The van der Waals surface area contributed by atoms with E-state index in [-0.39, 0.29) is 6.54 Å². The van der Waals surface area contributed by atoms with Crippen LogP contribution in [0.1, 0.15) is 24.4 Å². The summed E-state index contributed by atoms with van der Waals surface area (Å²) in [5.41, 5.74) is 1.05. The Labute approximate surface area is 131 Å². The molecule has 0 spiro atoms. The van der Waals surface area contributed by atoms with Gasteiger partial charge >= 0.3 is 11.9 Å². The maximum Gasteiger partial charge on any atom is 0.325 e. The number of likely N-dealkylation sites (tertiary alicyclic amines) is 1. The number of carboxylic acids is 2. The number of carbonyl (C=O) groups is 2. The van der Waals surface area contributed by atoms with E-state index in [0.29, 0.717) is 35.9 Å². The fraction of sp³-hybridized carbons (Fsp3) is 0.375. The number of hydrogen-bond donors (Lipinski definition) is 3. The second-order valence-corrected chi connectivity index (χ2v) is 5.85. The zero-order chi connectivity index (χ0) is 16.6. The van der Waals surface area contributed by atoms with Crippen molar-refractivity contribution in [1.29, 1.82) is 0 Å². The van der Waals surface area contributed by atoms with Gasteiger partial charge in [-0.3, -0.25) is 14.5 Å². The van der Waals surface area contributed by atoms with E-state index in [9.17, 15) is 24.2 Å². The lowest BCUT2D eigenvalue weighted by molar-refractivity contribution is -0.149.